The molecule has 1 aliphatic carbocycles. The lowest BCUT2D eigenvalue weighted by Gasteiger charge is -2.22. The van der Waals surface area contributed by atoms with E-state index in [1.54, 1.807) is 47.8 Å². The number of H-pyrrole nitrogens is 1. The number of nitrogens with one attached hydrogen (secondary N) is 1. The molecule has 33 heavy (non-hydrogen) atoms. The maximum atomic E-state index is 13.9. The Morgan fingerprint density at radius 3 is 2.36 bits per heavy atom. The first-order valence-corrected chi connectivity index (χ1v) is 11.1. The van der Waals surface area contributed by atoms with Crippen molar-refractivity contribution in [1.82, 2.24) is 19.4 Å². The van der Waals surface area contributed by atoms with Crippen molar-refractivity contribution in [1.29, 1.82) is 0 Å². The fraction of sp³-hybridized carbons (Fsp3) is 0.333. The molecule has 4 aromatic heterocycles. The first-order valence-electron chi connectivity index (χ1n) is 11.1. The summed E-state index contributed by atoms with van der Waals surface area (Å²) in [6, 6.07) is 8.79. The second kappa shape index (κ2) is 8.57. The lowest BCUT2D eigenvalue weighted by molar-refractivity contribution is 0.0706. The molecule has 9 heteroatoms. The molecule has 1 N–H and O–H groups in total. The van der Waals surface area contributed by atoms with Gasteiger partial charge in [-0.05, 0) is 49.6 Å². The van der Waals surface area contributed by atoms with Gasteiger partial charge in [0.2, 0.25) is 0 Å². The van der Waals surface area contributed by atoms with Gasteiger partial charge in [-0.15, -0.1) is 0 Å². The van der Waals surface area contributed by atoms with Gasteiger partial charge in [-0.3, -0.25) is 19.1 Å². The Kier molecular flexibility index (Phi) is 5.45. The van der Waals surface area contributed by atoms with Crippen molar-refractivity contribution in [2.24, 2.45) is 0 Å². The predicted octanol–water partition coefficient (Wildman–Crippen LogP) is 3.40. The molecule has 9 nitrogen and oxygen atoms in total. The van der Waals surface area contributed by atoms with Gasteiger partial charge in [0.15, 0.2) is 5.65 Å². The van der Waals surface area contributed by atoms with E-state index in [0.29, 0.717) is 24.5 Å². The summed E-state index contributed by atoms with van der Waals surface area (Å²) in [5.74, 6) is 1.08. The highest BCUT2D eigenvalue weighted by atomic mass is 16.3. The average Bonchev–Trinajstić information content (AvgIpc) is 3.28. The zero-order chi connectivity index (χ0) is 22.9. The average molecular weight is 448 g/mol. The summed E-state index contributed by atoms with van der Waals surface area (Å²) in [6.07, 6.45) is 5.71. The number of furan rings is 2. The van der Waals surface area contributed by atoms with E-state index in [4.69, 9.17) is 8.83 Å². The Labute approximate surface area is 188 Å². The Hall–Kier alpha value is -3.88. The zero-order valence-electron chi connectivity index (χ0n) is 18.2. The Morgan fingerprint density at radius 1 is 1.15 bits per heavy atom. The van der Waals surface area contributed by atoms with Gasteiger partial charge in [-0.2, -0.15) is 0 Å². The van der Waals surface area contributed by atoms with Crippen LogP contribution in [0.3, 0.4) is 0 Å². The minimum Gasteiger partial charge on any atom is -0.467 e. The predicted molar refractivity (Wildman–Crippen MR) is 120 cm³/mol. The number of amides is 1. The molecule has 0 aliphatic heterocycles. The van der Waals surface area contributed by atoms with Crippen molar-refractivity contribution in [2.45, 2.75) is 51.7 Å². The van der Waals surface area contributed by atoms with Crippen molar-refractivity contribution in [2.75, 3.05) is 0 Å². The van der Waals surface area contributed by atoms with Gasteiger partial charge in [0.1, 0.15) is 11.5 Å². The van der Waals surface area contributed by atoms with Crippen LogP contribution in [0.4, 0.5) is 0 Å². The molecule has 0 bridgehead atoms. The molecule has 4 heterocycles. The van der Waals surface area contributed by atoms with Gasteiger partial charge in [0.05, 0.1) is 36.6 Å². The number of hydrogen-bond acceptors (Lipinski definition) is 6. The van der Waals surface area contributed by atoms with Crippen molar-refractivity contribution < 1.29 is 13.6 Å². The van der Waals surface area contributed by atoms with E-state index in [1.165, 1.54) is 4.57 Å². The third kappa shape index (κ3) is 4.13. The van der Waals surface area contributed by atoms with E-state index >= 15 is 0 Å². The molecular weight excluding hydrogens is 424 g/mol. The summed E-state index contributed by atoms with van der Waals surface area (Å²) in [5, 5.41) is 0.126. The van der Waals surface area contributed by atoms with Gasteiger partial charge < -0.3 is 13.7 Å². The number of rotatable bonds is 8. The van der Waals surface area contributed by atoms with E-state index < -0.39 is 11.2 Å². The molecule has 1 aliphatic rings. The van der Waals surface area contributed by atoms with Crippen molar-refractivity contribution >= 4 is 16.9 Å². The summed E-state index contributed by atoms with van der Waals surface area (Å²) in [6.45, 7) is 2.72. The highest BCUT2D eigenvalue weighted by Gasteiger charge is 2.30. The zero-order valence-corrected chi connectivity index (χ0v) is 18.2. The number of aromatic amines is 1. The van der Waals surface area contributed by atoms with Crippen LogP contribution in [-0.4, -0.2) is 25.3 Å². The standard InChI is InChI=1S/C24H24N4O5/c1-2-9-28-21-20(22(29)26-24(28)31)18(12-19(25-21)15-7-8-15)23(30)27(13-16-5-3-10-32-16)14-17-6-4-11-33-17/h3-6,10-12,15H,2,7-9,13-14H2,1H3,(H,26,29,31). The number of carbonyl (C=O) groups excluding carboxylic acids is 1. The molecule has 170 valence electrons. The van der Waals surface area contributed by atoms with Crippen LogP contribution in [0.25, 0.3) is 11.0 Å². The quantitative estimate of drug-likeness (QED) is 0.442. The van der Waals surface area contributed by atoms with E-state index in [1.807, 2.05) is 6.92 Å². The lowest BCUT2D eigenvalue weighted by atomic mass is 10.1. The minimum absolute atomic E-state index is 0.126. The molecule has 1 saturated carbocycles. The number of nitrogens with zero attached hydrogens (tertiary/aromatic N) is 3. The highest BCUT2D eigenvalue weighted by molar-refractivity contribution is 6.05. The number of carbonyl (C=O) groups is 1. The molecule has 0 atom stereocenters. The minimum atomic E-state index is -0.614. The van der Waals surface area contributed by atoms with Crippen LogP contribution in [0.1, 0.15) is 59.7 Å². The molecular formula is C24H24N4O5. The number of hydrogen-bond donors (Lipinski definition) is 1. The fourth-order valence-corrected chi connectivity index (χ4v) is 4.03. The van der Waals surface area contributed by atoms with Crippen LogP contribution < -0.4 is 11.2 Å². The maximum absolute atomic E-state index is 13.9. The third-order valence-electron chi connectivity index (χ3n) is 5.78. The van der Waals surface area contributed by atoms with Crippen LogP contribution in [0, 0.1) is 0 Å². The van der Waals surface area contributed by atoms with Crippen LogP contribution in [0.2, 0.25) is 0 Å². The first-order chi connectivity index (χ1) is 16.0. The Morgan fingerprint density at radius 2 is 1.82 bits per heavy atom. The molecule has 0 aromatic carbocycles. The number of aryl methyl sites for hydroxylation is 1. The van der Waals surface area contributed by atoms with Gasteiger partial charge in [-0.25, -0.2) is 9.78 Å². The van der Waals surface area contributed by atoms with Crippen LogP contribution in [-0.2, 0) is 19.6 Å². The molecule has 0 unspecified atom stereocenters. The highest BCUT2D eigenvalue weighted by Crippen LogP contribution is 2.40. The van der Waals surface area contributed by atoms with Crippen molar-refractivity contribution in [3.05, 3.63) is 86.5 Å². The first kappa shape index (κ1) is 21.0. The van der Waals surface area contributed by atoms with Gasteiger partial charge >= 0.3 is 5.69 Å². The Balaban J connectivity index is 1.67. The molecule has 1 fully saturated rings. The summed E-state index contributed by atoms with van der Waals surface area (Å²) in [5.41, 5.74) is 0.0878. The lowest BCUT2D eigenvalue weighted by Crippen LogP contribution is -2.35. The summed E-state index contributed by atoms with van der Waals surface area (Å²) in [4.78, 5) is 47.9. The fourth-order valence-electron chi connectivity index (χ4n) is 4.03. The summed E-state index contributed by atoms with van der Waals surface area (Å²) < 4.78 is 12.4. The second-order valence-electron chi connectivity index (χ2n) is 8.30. The van der Waals surface area contributed by atoms with E-state index in [-0.39, 0.29) is 41.5 Å². The SMILES string of the molecule is CCCn1c(=O)[nH]c(=O)c2c(C(=O)N(Cc3ccco3)Cc3ccco3)cc(C3CC3)nc21. The Bertz CT molecular complexity index is 1360. The summed E-state index contributed by atoms with van der Waals surface area (Å²) >= 11 is 0. The van der Waals surface area contributed by atoms with E-state index in [9.17, 15) is 14.4 Å². The smallest absolute Gasteiger partial charge is 0.329 e. The molecule has 0 spiro atoms. The normalized spacial score (nSPS) is 13.5. The third-order valence-corrected chi connectivity index (χ3v) is 5.78. The van der Waals surface area contributed by atoms with Gasteiger partial charge in [0.25, 0.3) is 11.5 Å². The van der Waals surface area contributed by atoms with E-state index in [0.717, 1.165) is 18.5 Å². The van der Waals surface area contributed by atoms with Crippen molar-refractivity contribution in [3.63, 3.8) is 0 Å². The molecule has 0 radical (unpaired) electrons. The number of aromatic nitrogens is 3. The van der Waals surface area contributed by atoms with E-state index in [2.05, 4.69) is 9.97 Å². The number of pyridine rings is 1. The van der Waals surface area contributed by atoms with Gasteiger partial charge in [0, 0.05) is 18.2 Å². The van der Waals surface area contributed by atoms with Crippen LogP contribution in [0.5, 0.6) is 0 Å². The van der Waals surface area contributed by atoms with Gasteiger partial charge in [-0.1, -0.05) is 6.92 Å². The summed E-state index contributed by atoms with van der Waals surface area (Å²) in [7, 11) is 0. The molecule has 5 rings (SSSR count). The monoisotopic (exact) mass is 448 g/mol. The van der Waals surface area contributed by atoms with Crippen LogP contribution in [0.15, 0.2) is 61.3 Å². The largest absolute Gasteiger partial charge is 0.467 e. The maximum Gasteiger partial charge on any atom is 0.329 e. The molecule has 0 saturated heterocycles. The topological polar surface area (TPSA) is 114 Å². The van der Waals surface area contributed by atoms with Crippen molar-refractivity contribution in [3.8, 4) is 0 Å². The molecule has 4 aromatic rings. The number of fused-ring (bicyclic) bond motifs is 1. The second-order valence-corrected chi connectivity index (χ2v) is 8.30. The van der Waals surface area contributed by atoms with Crippen LogP contribution >= 0.6 is 0 Å². The molecule has 1 amide bonds.